The van der Waals surface area contributed by atoms with E-state index in [-0.39, 0.29) is 18.5 Å². The number of esters is 1. The Labute approximate surface area is 481 Å². The minimum atomic E-state index is -0.663. The molecule has 0 saturated heterocycles. The summed E-state index contributed by atoms with van der Waals surface area (Å²) in [6.07, 6.45) is 84.8. The first-order valence-electron chi connectivity index (χ1n) is 34.7. The summed E-state index contributed by atoms with van der Waals surface area (Å²) < 4.78 is 5.47. The molecule has 0 aliphatic carbocycles. The fourth-order valence-electron chi connectivity index (χ4n) is 10.8. The van der Waals surface area contributed by atoms with Crippen LogP contribution >= 0.6 is 0 Å². The van der Waals surface area contributed by atoms with E-state index in [1.165, 1.54) is 295 Å². The van der Waals surface area contributed by atoms with Crippen molar-refractivity contribution in [3.8, 4) is 0 Å². The van der Waals surface area contributed by atoms with Crippen molar-refractivity contribution >= 4 is 11.9 Å². The normalized spacial score (nSPS) is 12.7. The maximum Gasteiger partial charge on any atom is 0.305 e. The van der Waals surface area contributed by atoms with Gasteiger partial charge in [-0.15, -0.1) is 0 Å². The standard InChI is InChI=1S/C71H135NO5/c1-3-5-7-9-11-13-15-17-37-40-43-47-51-55-59-63-69(74)68(67-73)72-70(75)64-60-56-52-48-44-41-38-35-33-31-29-27-25-23-21-19-18-20-22-24-26-28-30-32-34-36-39-42-46-50-54-58-62-66-77-71(76)65-61-57-53-49-45-16-14-12-10-8-6-4-2/h12,14,22,24,28,30,68-69,73-74H,3-11,13,15-21,23,25-27,29,31-67H2,1-2H3,(H,72,75)/b14-12-,24-22-,30-28-. The summed E-state index contributed by atoms with van der Waals surface area (Å²) in [6.45, 7) is 4.95. The predicted molar refractivity (Wildman–Crippen MR) is 338 cm³/mol. The van der Waals surface area contributed by atoms with Crippen molar-refractivity contribution < 1.29 is 24.5 Å². The molecule has 2 atom stereocenters. The number of nitrogens with one attached hydrogen (secondary N) is 1. The molecule has 0 rings (SSSR count). The molecule has 0 spiro atoms. The van der Waals surface area contributed by atoms with Crippen LogP contribution in [0.4, 0.5) is 0 Å². The van der Waals surface area contributed by atoms with E-state index in [1.807, 2.05) is 0 Å². The number of unbranched alkanes of at least 4 members (excludes halogenated alkanes) is 48. The van der Waals surface area contributed by atoms with Crippen molar-refractivity contribution in [3.63, 3.8) is 0 Å². The summed E-state index contributed by atoms with van der Waals surface area (Å²) in [5, 5.41) is 23.3. The molecule has 3 N–H and O–H groups in total. The Morgan fingerprint density at radius 1 is 0.364 bits per heavy atom. The predicted octanol–water partition coefficient (Wildman–Crippen LogP) is 22.3. The van der Waals surface area contributed by atoms with Gasteiger partial charge in [0.25, 0.3) is 0 Å². The van der Waals surface area contributed by atoms with Crippen LogP contribution in [0.3, 0.4) is 0 Å². The summed E-state index contributed by atoms with van der Waals surface area (Å²) in [5.74, 6) is -0.0264. The number of allylic oxidation sites excluding steroid dienone is 6. The van der Waals surface area contributed by atoms with Crippen molar-refractivity contribution in [2.24, 2.45) is 0 Å². The van der Waals surface area contributed by atoms with E-state index in [0.29, 0.717) is 25.9 Å². The third-order valence-corrected chi connectivity index (χ3v) is 16.2. The van der Waals surface area contributed by atoms with Crippen LogP contribution in [0.15, 0.2) is 36.5 Å². The average molecular weight is 1080 g/mol. The van der Waals surface area contributed by atoms with Crippen LogP contribution in [0, 0.1) is 0 Å². The molecule has 0 aromatic heterocycles. The summed E-state index contributed by atoms with van der Waals surface area (Å²) in [5.41, 5.74) is 0. The van der Waals surface area contributed by atoms with Gasteiger partial charge in [-0.2, -0.15) is 0 Å². The molecular formula is C71H135NO5. The number of rotatable bonds is 65. The van der Waals surface area contributed by atoms with Gasteiger partial charge in [-0.05, 0) is 83.5 Å². The van der Waals surface area contributed by atoms with Crippen molar-refractivity contribution in [3.05, 3.63) is 36.5 Å². The van der Waals surface area contributed by atoms with Gasteiger partial charge < -0.3 is 20.3 Å². The van der Waals surface area contributed by atoms with Gasteiger partial charge in [0.15, 0.2) is 0 Å². The third kappa shape index (κ3) is 63.1. The summed E-state index contributed by atoms with van der Waals surface area (Å²) >= 11 is 0. The van der Waals surface area contributed by atoms with Crippen LogP contribution in [-0.2, 0) is 14.3 Å². The Morgan fingerprint density at radius 2 is 0.649 bits per heavy atom. The zero-order chi connectivity index (χ0) is 55.7. The lowest BCUT2D eigenvalue weighted by Gasteiger charge is -2.22. The summed E-state index contributed by atoms with van der Waals surface area (Å²) in [6, 6.07) is -0.540. The number of hydrogen-bond acceptors (Lipinski definition) is 5. The monoisotopic (exact) mass is 1080 g/mol. The van der Waals surface area contributed by atoms with Gasteiger partial charge in [-0.3, -0.25) is 9.59 Å². The van der Waals surface area contributed by atoms with Crippen LogP contribution < -0.4 is 5.32 Å². The van der Waals surface area contributed by atoms with E-state index in [9.17, 15) is 19.8 Å². The van der Waals surface area contributed by atoms with Crippen molar-refractivity contribution in [2.45, 2.75) is 392 Å². The molecular weight excluding hydrogens is 947 g/mol. The Bertz CT molecular complexity index is 1250. The minimum Gasteiger partial charge on any atom is -0.466 e. The number of ether oxygens (including phenoxy) is 1. The first-order valence-corrected chi connectivity index (χ1v) is 34.7. The number of carbonyl (C=O) groups is 2. The van der Waals surface area contributed by atoms with E-state index < -0.39 is 12.1 Å². The fourth-order valence-corrected chi connectivity index (χ4v) is 10.8. The van der Waals surface area contributed by atoms with Crippen LogP contribution in [0.25, 0.3) is 0 Å². The molecule has 0 saturated carbocycles. The molecule has 0 fully saturated rings. The number of aliphatic hydroxyl groups is 2. The van der Waals surface area contributed by atoms with Gasteiger partial charge in [-0.25, -0.2) is 0 Å². The highest BCUT2D eigenvalue weighted by atomic mass is 16.5. The lowest BCUT2D eigenvalue weighted by molar-refractivity contribution is -0.143. The van der Waals surface area contributed by atoms with Gasteiger partial charge in [-0.1, -0.05) is 320 Å². The average Bonchev–Trinajstić information content (AvgIpc) is 3.43. The Kier molecular flexibility index (Phi) is 64.9. The second-order valence-corrected chi connectivity index (χ2v) is 23.9. The van der Waals surface area contributed by atoms with Crippen LogP contribution in [-0.4, -0.2) is 47.4 Å². The van der Waals surface area contributed by atoms with E-state index in [2.05, 4.69) is 55.6 Å². The highest BCUT2D eigenvalue weighted by Gasteiger charge is 2.20. The van der Waals surface area contributed by atoms with E-state index in [4.69, 9.17) is 4.74 Å². The molecule has 2 unspecified atom stereocenters. The van der Waals surface area contributed by atoms with Gasteiger partial charge in [0, 0.05) is 12.8 Å². The largest absolute Gasteiger partial charge is 0.466 e. The minimum absolute atomic E-state index is 0.00423. The molecule has 0 heterocycles. The number of carbonyl (C=O) groups excluding carboxylic acids is 2. The Hall–Kier alpha value is -1.92. The second kappa shape index (κ2) is 66.6. The van der Waals surface area contributed by atoms with Gasteiger partial charge in [0.05, 0.1) is 25.4 Å². The quantitative estimate of drug-likeness (QED) is 0.0320. The van der Waals surface area contributed by atoms with Gasteiger partial charge in [0.2, 0.25) is 5.91 Å². The first kappa shape index (κ1) is 75.1. The SMILES string of the molecule is CCCCC/C=C\CCCCCCCC(=O)OCCCCCCCCCCC/C=C\C/C=C\CCCCCCCCCCCCCCCCCCCC(=O)NC(CO)C(O)CCCCCCCCCCCCCCCCC. The van der Waals surface area contributed by atoms with Crippen molar-refractivity contribution in [1.82, 2.24) is 5.32 Å². The molecule has 6 nitrogen and oxygen atoms in total. The molecule has 0 aliphatic heterocycles. The summed E-state index contributed by atoms with van der Waals surface area (Å²) in [4.78, 5) is 24.5. The Morgan fingerprint density at radius 3 is 1.03 bits per heavy atom. The fraction of sp³-hybridized carbons (Fsp3) is 0.887. The van der Waals surface area contributed by atoms with E-state index >= 15 is 0 Å². The molecule has 77 heavy (non-hydrogen) atoms. The molecule has 0 aromatic carbocycles. The van der Waals surface area contributed by atoms with Gasteiger partial charge >= 0.3 is 5.97 Å². The van der Waals surface area contributed by atoms with Gasteiger partial charge in [0.1, 0.15) is 0 Å². The topological polar surface area (TPSA) is 95.9 Å². The second-order valence-electron chi connectivity index (χ2n) is 23.9. The zero-order valence-electron chi connectivity index (χ0n) is 52.0. The highest BCUT2D eigenvalue weighted by molar-refractivity contribution is 5.76. The lowest BCUT2D eigenvalue weighted by Crippen LogP contribution is -2.45. The van der Waals surface area contributed by atoms with E-state index in [1.54, 1.807) is 0 Å². The summed E-state index contributed by atoms with van der Waals surface area (Å²) in [7, 11) is 0. The van der Waals surface area contributed by atoms with E-state index in [0.717, 1.165) is 51.4 Å². The molecule has 0 bridgehead atoms. The lowest BCUT2D eigenvalue weighted by atomic mass is 10.0. The van der Waals surface area contributed by atoms with Crippen LogP contribution in [0.2, 0.25) is 0 Å². The maximum absolute atomic E-state index is 12.5. The number of hydrogen-bond donors (Lipinski definition) is 3. The molecule has 6 heteroatoms. The molecule has 1 amide bonds. The highest BCUT2D eigenvalue weighted by Crippen LogP contribution is 2.18. The maximum atomic E-state index is 12.5. The number of amides is 1. The molecule has 454 valence electrons. The van der Waals surface area contributed by atoms with Crippen molar-refractivity contribution in [1.29, 1.82) is 0 Å². The zero-order valence-corrected chi connectivity index (χ0v) is 52.0. The molecule has 0 aromatic rings. The first-order chi connectivity index (χ1) is 38.0. The van der Waals surface area contributed by atoms with Crippen LogP contribution in [0.1, 0.15) is 380 Å². The smallest absolute Gasteiger partial charge is 0.305 e. The Balaban J connectivity index is 3.38. The number of aliphatic hydroxyl groups excluding tert-OH is 2. The van der Waals surface area contributed by atoms with Crippen molar-refractivity contribution in [2.75, 3.05) is 13.2 Å². The third-order valence-electron chi connectivity index (χ3n) is 16.2. The van der Waals surface area contributed by atoms with Crippen LogP contribution in [0.5, 0.6) is 0 Å². The molecule has 0 radical (unpaired) electrons. The molecule has 0 aliphatic rings.